The average molecular weight is 390 g/mol. The zero-order valence-electron chi connectivity index (χ0n) is 15.3. The van der Waals surface area contributed by atoms with E-state index in [4.69, 9.17) is 0 Å². The Morgan fingerprint density at radius 2 is 1.70 bits per heavy atom. The van der Waals surface area contributed by atoms with Gasteiger partial charge in [0.2, 0.25) is 10.0 Å². The Hall–Kier alpha value is -2.25. The number of sulfonamides is 1. The van der Waals surface area contributed by atoms with E-state index in [1.54, 1.807) is 18.2 Å². The highest BCUT2D eigenvalue weighted by Gasteiger charge is 2.29. The first-order valence-electron chi connectivity index (χ1n) is 9.06. The fraction of sp³-hybridized carbons (Fsp3) is 0.350. The topological polar surface area (TPSA) is 57.7 Å². The van der Waals surface area contributed by atoms with E-state index in [1.807, 2.05) is 19.1 Å². The van der Waals surface area contributed by atoms with Crippen LogP contribution < -0.4 is 0 Å². The molecule has 0 radical (unpaired) electrons. The van der Waals surface area contributed by atoms with Crippen molar-refractivity contribution in [3.8, 4) is 0 Å². The van der Waals surface area contributed by atoms with Gasteiger partial charge in [-0.2, -0.15) is 4.31 Å². The standard InChI is InChI=1S/C20H23FN2O3S/c1-2-16-8-10-17(11-9-16)27(25,26)23-13-5-12-22(14-15-23)20(24)18-6-3-4-7-19(18)21/h3-4,6-11H,2,5,12-15H2,1H3. The van der Waals surface area contributed by atoms with Crippen LogP contribution in [-0.4, -0.2) is 49.7 Å². The van der Waals surface area contributed by atoms with Crippen LogP contribution in [0.5, 0.6) is 0 Å². The van der Waals surface area contributed by atoms with Crippen molar-refractivity contribution in [3.05, 3.63) is 65.5 Å². The molecule has 144 valence electrons. The van der Waals surface area contributed by atoms with Crippen molar-refractivity contribution < 1.29 is 17.6 Å². The number of hydrogen-bond acceptors (Lipinski definition) is 3. The van der Waals surface area contributed by atoms with Crippen molar-refractivity contribution in [2.75, 3.05) is 26.2 Å². The van der Waals surface area contributed by atoms with Crippen molar-refractivity contribution in [2.24, 2.45) is 0 Å². The van der Waals surface area contributed by atoms with E-state index >= 15 is 0 Å². The third kappa shape index (κ3) is 4.20. The van der Waals surface area contributed by atoms with Crippen LogP contribution in [0, 0.1) is 5.82 Å². The van der Waals surface area contributed by atoms with Gasteiger partial charge in [0.15, 0.2) is 0 Å². The molecule has 1 saturated heterocycles. The largest absolute Gasteiger partial charge is 0.337 e. The molecule has 0 spiro atoms. The van der Waals surface area contributed by atoms with Crippen molar-refractivity contribution in [3.63, 3.8) is 0 Å². The molecule has 0 unspecified atom stereocenters. The highest BCUT2D eigenvalue weighted by molar-refractivity contribution is 7.89. The fourth-order valence-corrected chi connectivity index (χ4v) is 4.66. The maximum absolute atomic E-state index is 13.9. The maximum Gasteiger partial charge on any atom is 0.256 e. The SMILES string of the molecule is CCc1ccc(S(=O)(=O)N2CCCN(C(=O)c3ccccc3F)CC2)cc1. The molecule has 1 aliphatic heterocycles. The van der Waals surface area contributed by atoms with E-state index in [0.29, 0.717) is 19.5 Å². The molecule has 3 rings (SSSR count). The summed E-state index contributed by atoms with van der Waals surface area (Å²) in [5.41, 5.74) is 1.09. The Morgan fingerprint density at radius 1 is 1.00 bits per heavy atom. The Balaban J connectivity index is 1.74. The molecular formula is C20H23FN2O3S. The normalized spacial score (nSPS) is 16.1. The van der Waals surface area contributed by atoms with Crippen LogP contribution in [0.15, 0.2) is 53.4 Å². The predicted octanol–water partition coefficient (Wildman–Crippen LogP) is 2.92. The predicted molar refractivity (Wildman–Crippen MR) is 101 cm³/mol. The molecule has 1 heterocycles. The minimum atomic E-state index is -3.61. The van der Waals surface area contributed by atoms with Gasteiger partial charge in [-0.25, -0.2) is 12.8 Å². The molecule has 1 amide bonds. The van der Waals surface area contributed by atoms with Crippen LogP contribution in [0.1, 0.15) is 29.3 Å². The first-order valence-corrected chi connectivity index (χ1v) is 10.5. The summed E-state index contributed by atoms with van der Waals surface area (Å²) in [4.78, 5) is 14.4. The lowest BCUT2D eigenvalue weighted by Crippen LogP contribution is -2.37. The molecule has 0 N–H and O–H groups in total. The number of halogens is 1. The summed E-state index contributed by atoms with van der Waals surface area (Å²) in [6.07, 6.45) is 1.35. The number of carbonyl (C=O) groups is 1. The van der Waals surface area contributed by atoms with Crippen LogP contribution in [-0.2, 0) is 16.4 Å². The van der Waals surface area contributed by atoms with E-state index in [1.165, 1.54) is 27.4 Å². The Kier molecular flexibility index (Phi) is 5.92. The average Bonchev–Trinajstić information content (AvgIpc) is 2.95. The van der Waals surface area contributed by atoms with Crippen LogP contribution in [0.4, 0.5) is 4.39 Å². The molecule has 7 heteroatoms. The van der Waals surface area contributed by atoms with Crippen molar-refractivity contribution >= 4 is 15.9 Å². The summed E-state index contributed by atoms with van der Waals surface area (Å²) >= 11 is 0. The van der Waals surface area contributed by atoms with Gasteiger partial charge in [0.1, 0.15) is 5.82 Å². The summed E-state index contributed by atoms with van der Waals surface area (Å²) < 4.78 is 41.1. The second kappa shape index (κ2) is 8.19. The zero-order valence-corrected chi connectivity index (χ0v) is 16.1. The van der Waals surface area contributed by atoms with E-state index in [2.05, 4.69) is 0 Å². The van der Waals surface area contributed by atoms with Gasteiger partial charge >= 0.3 is 0 Å². The monoisotopic (exact) mass is 390 g/mol. The summed E-state index contributed by atoms with van der Waals surface area (Å²) in [6, 6.07) is 12.7. The smallest absolute Gasteiger partial charge is 0.256 e. The molecule has 2 aromatic carbocycles. The number of hydrogen-bond donors (Lipinski definition) is 0. The molecular weight excluding hydrogens is 367 g/mol. The number of benzene rings is 2. The van der Waals surface area contributed by atoms with Gasteiger partial charge in [0, 0.05) is 26.2 Å². The van der Waals surface area contributed by atoms with Crippen LogP contribution in [0.2, 0.25) is 0 Å². The molecule has 0 aliphatic carbocycles. The maximum atomic E-state index is 13.9. The molecule has 0 aromatic heterocycles. The van der Waals surface area contributed by atoms with Gasteiger partial charge in [-0.15, -0.1) is 0 Å². The van der Waals surface area contributed by atoms with Gasteiger partial charge in [-0.05, 0) is 42.7 Å². The molecule has 0 atom stereocenters. The third-order valence-corrected chi connectivity index (χ3v) is 6.73. The van der Waals surface area contributed by atoms with E-state index in [9.17, 15) is 17.6 Å². The van der Waals surface area contributed by atoms with Gasteiger partial charge < -0.3 is 4.90 Å². The van der Waals surface area contributed by atoms with E-state index in [0.717, 1.165) is 12.0 Å². The lowest BCUT2D eigenvalue weighted by Gasteiger charge is -2.22. The van der Waals surface area contributed by atoms with Crippen LogP contribution in [0.25, 0.3) is 0 Å². The number of carbonyl (C=O) groups excluding carboxylic acids is 1. The lowest BCUT2D eigenvalue weighted by molar-refractivity contribution is 0.0759. The number of aryl methyl sites for hydroxylation is 1. The first-order chi connectivity index (χ1) is 12.9. The number of rotatable bonds is 4. The van der Waals surface area contributed by atoms with Crippen LogP contribution >= 0.6 is 0 Å². The fourth-order valence-electron chi connectivity index (χ4n) is 3.19. The molecule has 0 saturated carbocycles. The summed E-state index contributed by atoms with van der Waals surface area (Å²) in [6.45, 7) is 3.17. The second-order valence-electron chi connectivity index (χ2n) is 6.53. The summed E-state index contributed by atoms with van der Waals surface area (Å²) in [5, 5.41) is 0. The van der Waals surface area contributed by atoms with E-state index in [-0.39, 0.29) is 23.5 Å². The van der Waals surface area contributed by atoms with Crippen LogP contribution in [0.3, 0.4) is 0 Å². The van der Waals surface area contributed by atoms with Gasteiger partial charge in [0.25, 0.3) is 5.91 Å². The quantitative estimate of drug-likeness (QED) is 0.807. The molecule has 27 heavy (non-hydrogen) atoms. The highest BCUT2D eigenvalue weighted by Crippen LogP contribution is 2.20. The first kappa shape index (κ1) is 19.5. The van der Waals surface area contributed by atoms with Crippen molar-refractivity contribution in [2.45, 2.75) is 24.7 Å². The Labute approximate surface area is 159 Å². The Bertz CT molecular complexity index is 913. The third-order valence-electron chi connectivity index (χ3n) is 4.82. The van der Waals surface area contributed by atoms with Crippen molar-refractivity contribution in [1.82, 2.24) is 9.21 Å². The minimum absolute atomic E-state index is 0.0176. The van der Waals surface area contributed by atoms with Gasteiger partial charge in [0.05, 0.1) is 10.5 Å². The number of amides is 1. The molecule has 1 fully saturated rings. The molecule has 2 aromatic rings. The summed E-state index contributed by atoms with van der Waals surface area (Å²) in [7, 11) is -3.61. The molecule has 5 nitrogen and oxygen atoms in total. The van der Waals surface area contributed by atoms with Gasteiger partial charge in [-0.3, -0.25) is 4.79 Å². The summed E-state index contributed by atoms with van der Waals surface area (Å²) in [5.74, 6) is -0.966. The lowest BCUT2D eigenvalue weighted by atomic mass is 10.2. The highest BCUT2D eigenvalue weighted by atomic mass is 32.2. The van der Waals surface area contributed by atoms with Gasteiger partial charge in [-0.1, -0.05) is 31.2 Å². The Morgan fingerprint density at radius 3 is 2.37 bits per heavy atom. The zero-order chi connectivity index (χ0) is 19.4. The minimum Gasteiger partial charge on any atom is -0.337 e. The van der Waals surface area contributed by atoms with E-state index < -0.39 is 21.7 Å². The number of nitrogens with zero attached hydrogens (tertiary/aromatic N) is 2. The molecule has 1 aliphatic rings. The second-order valence-corrected chi connectivity index (χ2v) is 8.47. The molecule has 0 bridgehead atoms. The van der Waals surface area contributed by atoms with Crippen molar-refractivity contribution in [1.29, 1.82) is 0 Å².